The number of aromatic nitrogens is 2. The first-order valence-electron chi connectivity index (χ1n) is 7.61. The summed E-state index contributed by atoms with van der Waals surface area (Å²) < 4.78 is 2.18. The fourth-order valence-corrected chi connectivity index (χ4v) is 3.57. The second-order valence-corrected chi connectivity index (χ2v) is 5.88. The normalized spacial score (nSPS) is 19.5. The lowest BCUT2D eigenvalue weighted by Crippen LogP contribution is -2.36. The van der Waals surface area contributed by atoms with Crippen LogP contribution in [0.5, 0.6) is 0 Å². The van der Waals surface area contributed by atoms with E-state index in [1.807, 2.05) is 23.1 Å². The quantitative estimate of drug-likeness (QED) is 0.798. The van der Waals surface area contributed by atoms with Crippen LogP contribution in [-0.4, -0.2) is 22.0 Å². The van der Waals surface area contributed by atoms with Gasteiger partial charge in [-0.2, -0.15) is 0 Å². The molecule has 0 N–H and O–H groups in total. The molecule has 2 aromatic rings. The van der Waals surface area contributed by atoms with Crippen molar-refractivity contribution < 1.29 is 4.79 Å². The summed E-state index contributed by atoms with van der Waals surface area (Å²) in [4.78, 5) is 19.3. The van der Waals surface area contributed by atoms with Crippen LogP contribution in [0.15, 0.2) is 24.3 Å². The summed E-state index contributed by atoms with van der Waals surface area (Å²) >= 11 is 0. The predicted molar refractivity (Wildman–Crippen MR) is 78.7 cm³/mol. The molecule has 104 valence electrons. The SMILES string of the molecule is O=C(C1CCCCC1)N1CCn2c1nc1ccccc12. The van der Waals surface area contributed by atoms with Gasteiger partial charge in [-0.3, -0.25) is 9.69 Å². The van der Waals surface area contributed by atoms with Crippen molar-refractivity contribution in [1.82, 2.24) is 9.55 Å². The van der Waals surface area contributed by atoms with Gasteiger partial charge in [0.05, 0.1) is 11.0 Å². The Kier molecular flexibility index (Phi) is 2.76. The lowest BCUT2D eigenvalue weighted by Gasteiger charge is -2.24. The molecule has 0 radical (unpaired) electrons. The average molecular weight is 269 g/mol. The standard InChI is InChI=1S/C16H19N3O/c20-15(12-6-2-1-3-7-12)19-11-10-18-14-9-5-4-8-13(14)17-16(18)19/h4-5,8-9,12H,1-3,6-7,10-11H2. The van der Waals surface area contributed by atoms with E-state index in [2.05, 4.69) is 15.6 Å². The van der Waals surface area contributed by atoms with Gasteiger partial charge in [0, 0.05) is 19.0 Å². The van der Waals surface area contributed by atoms with Gasteiger partial charge < -0.3 is 4.57 Å². The van der Waals surface area contributed by atoms with Crippen LogP contribution in [0.25, 0.3) is 11.0 Å². The van der Waals surface area contributed by atoms with Crippen molar-refractivity contribution in [3.63, 3.8) is 0 Å². The molecule has 0 bridgehead atoms. The van der Waals surface area contributed by atoms with E-state index in [4.69, 9.17) is 0 Å². The van der Waals surface area contributed by atoms with Crippen LogP contribution < -0.4 is 4.90 Å². The van der Waals surface area contributed by atoms with Gasteiger partial charge in [0.2, 0.25) is 11.9 Å². The predicted octanol–water partition coefficient (Wildman–Crippen LogP) is 2.96. The number of nitrogens with zero attached hydrogens (tertiary/aromatic N) is 3. The first kappa shape index (κ1) is 11.9. The highest BCUT2D eigenvalue weighted by Gasteiger charge is 2.33. The highest BCUT2D eigenvalue weighted by atomic mass is 16.2. The Balaban J connectivity index is 1.68. The Morgan fingerprint density at radius 1 is 1.10 bits per heavy atom. The molecule has 4 heteroatoms. The van der Waals surface area contributed by atoms with E-state index in [1.54, 1.807) is 0 Å². The molecule has 2 heterocycles. The molecule has 1 aliphatic heterocycles. The Hall–Kier alpha value is -1.84. The van der Waals surface area contributed by atoms with Crippen LogP contribution in [0, 0.1) is 5.92 Å². The number of carbonyl (C=O) groups excluding carboxylic acids is 1. The average Bonchev–Trinajstić information content (AvgIpc) is 3.06. The summed E-state index contributed by atoms with van der Waals surface area (Å²) in [6.45, 7) is 1.65. The zero-order chi connectivity index (χ0) is 13.5. The molecule has 0 unspecified atom stereocenters. The summed E-state index contributed by atoms with van der Waals surface area (Å²) in [5.74, 6) is 1.36. The van der Waals surface area contributed by atoms with E-state index < -0.39 is 0 Å². The molecular formula is C16H19N3O. The van der Waals surface area contributed by atoms with E-state index in [9.17, 15) is 4.79 Å². The number of benzene rings is 1. The highest BCUT2D eigenvalue weighted by molar-refractivity contribution is 5.96. The summed E-state index contributed by atoms with van der Waals surface area (Å²) in [6, 6.07) is 8.13. The van der Waals surface area contributed by atoms with Gasteiger partial charge in [-0.1, -0.05) is 31.4 Å². The molecular weight excluding hydrogens is 250 g/mol. The smallest absolute Gasteiger partial charge is 0.232 e. The molecule has 4 rings (SSSR count). The van der Waals surface area contributed by atoms with Crippen LogP contribution in [0.4, 0.5) is 5.95 Å². The van der Waals surface area contributed by atoms with Crippen molar-refractivity contribution in [1.29, 1.82) is 0 Å². The summed E-state index contributed by atoms with van der Waals surface area (Å²) in [7, 11) is 0. The fraction of sp³-hybridized carbons (Fsp3) is 0.500. The lowest BCUT2D eigenvalue weighted by atomic mass is 9.88. The topological polar surface area (TPSA) is 38.1 Å². The van der Waals surface area contributed by atoms with Crippen molar-refractivity contribution in [3.8, 4) is 0 Å². The number of para-hydroxylation sites is 2. The summed E-state index contributed by atoms with van der Waals surface area (Å²) in [5.41, 5.74) is 2.13. The van der Waals surface area contributed by atoms with Crippen LogP contribution >= 0.6 is 0 Å². The Labute approximate surface area is 118 Å². The van der Waals surface area contributed by atoms with Crippen molar-refractivity contribution in [3.05, 3.63) is 24.3 Å². The molecule has 0 saturated heterocycles. The number of carbonyl (C=O) groups is 1. The maximum Gasteiger partial charge on any atom is 0.232 e. The number of hydrogen-bond acceptors (Lipinski definition) is 2. The second kappa shape index (κ2) is 4.62. The fourth-order valence-electron chi connectivity index (χ4n) is 3.57. The lowest BCUT2D eigenvalue weighted by molar-refractivity contribution is -0.123. The van der Waals surface area contributed by atoms with Crippen LogP contribution in [-0.2, 0) is 11.3 Å². The van der Waals surface area contributed by atoms with Gasteiger partial charge in [-0.25, -0.2) is 4.98 Å². The first-order chi connectivity index (χ1) is 9.84. The number of imidazole rings is 1. The summed E-state index contributed by atoms with van der Waals surface area (Å²) in [6.07, 6.45) is 5.77. The Morgan fingerprint density at radius 3 is 2.75 bits per heavy atom. The van der Waals surface area contributed by atoms with Crippen molar-refractivity contribution >= 4 is 22.9 Å². The van der Waals surface area contributed by atoms with Crippen LogP contribution in [0.3, 0.4) is 0 Å². The molecule has 1 aromatic heterocycles. The molecule has 1 aliphatic carbocycles. The van der Waals surface area contributed by atoms with Gasteiger partial charge in [-0.05, 0) is 25.0 Å². The third kappa shape index (κ3) is 1.74. The van der Waals surface area contributed by atoms with E-state index in [-0.39, 0.29) is 5.92 Å². The molecule has 4 nitrogen and oxygen atoms in total. The van der Waals surface area contributed by atoms with Crippen molar-refractivity contribution in [2.45, 2.75) is 38.6 Å². The zero-order valence-electron chi connectivity index (χ0n) is 11.6. The van der Waals surface area contributed by atoms with E-state index in [0.717, 1.165) is 42.9 Å². The third-order valence-corrected chi connectivity index (χ3v) is 4.64. The van der Waals surface area contributed by atoms with Gasteiger partial charge in [0.15, 0.2) is 0 Å². The zero-order valence-corrected chi connectivity index (χ0v) is 11.6. The van der Waals surface area contributed by atoms with E-state index in [1.165, 1.54) is 19.3 Å². The summed E-state index contributed by atoms with van der Waals surface area (Å²) in [5, 5.41) is 0. The molecule has 2 aliphatic rings. The van der Waals surface area contributed by atoms with Gasteiger partial charge in [-0.15, -0.1) is 0 Å². The Bertz CT molecular complexity index is 655. The van der Waals surface area contributed by atoms with Crippen LogP contribution in [0.1, 0.15) is 32.1 Å². The van der Waals surface area contributed by atoms with E-state index in [0.29, 0.717) is 5.91 Å². The number of rotatable bonds is 1. The number of amides is 1. The maximum absolute atomic E-state index is 12.7. The minimum Gasteiger partial charge on any atom is -0.308 e. The molecule has 1 saturated carbocycles. The largest absolute Gasteiger partial charge is 0.308 e. The first-order valence-corrected chi connectivity index (χ1v) is 7.61. The third-order valence-electron chi connectivity index (χ3n) is 4.64. The number of fused-ring (bicyclic) bond motifs is 3. The van der Waals surface area contributed by atoms with Gasteiger partial charge in [0.25, 0.3) is 0 Å². The van der Waals surface area contributed by atoms with Gasteiger partial charge in [0.1, 0.15) is 0 Å². The molecule has 1 aromatic carbocycles. The molecule has 1 amide bonds. The minimum absolute atomic E-state index is 0.218. The second-order valence-electron chi connectivity index (χ2n) is 5.88. The number of anilines is 1. The van der Waals surface area contributed by atoms with Crippen LogP contribution in [0.2, 0.25) is 0 Å². The van der Waals surface area contributed by atoms with Gasteiger partial charge >= 0.3 is 0 Å². The molecule has 0 atom stereocenters. The monoisotopic (exact) mass is 269 g/mol. The highest BCUT2D eigenvalue weighted by Crippen LogP contribution is 2.31. The maximum atomic E-state index is 12.7. The van der Waals surface area contributed by atoms with Crippen molar-refractivity contribution in [2.24, 2.45) is 5.92 Å². The molecule has 1 fully saturated rings. The van der Waals surface area contributed by atoms with Crippen molar-refractivity contribution in [2.75, 3.05) is 11.4 Å². The molecule has 20 heavy (non-hydrogen) atoms. The molecule has 0 spiro atoms. The Morgan fingerprint density at radius 2 is 1.90 bits per heavy atom. The van der Waals surface area contributed by atoms with E-state index >= 15 is 0 Å². The minimum atomic E-state index is 0.218. The number of hydrogen-bond donors (Lipinski definition) is 0.